The Morgan fingerprint density at radius 1 is 1.38 bits per heavy atom. The number of pyridine rings is 1. The van der Waals surface area contributed by atoms with Crippen LogP contribution in [0, 0.1) is 0 Å². The topological polar surface area (TPSA) is 81.2 Å². The number of nitrogens with one attached hydrogen (secondary N) is 1. The highest BCUT2D eigenvalue weighted by atomic mass is 32.2. The maximum absolute atomic E-state index is 11.6. The van der Waals surface area contributed by atoms with Crippen molar-refractivity contribution in [3.63, 3.8) is 0 Å². The van der Waals surface area contributed by atoms with Gasteiger partial charge in [-0.15, -0.1) is 11.3 Å². The lowest BCUT2D eigenvalue weighted by molar-refractivity contribution is 0.217. The lowest BCUT2D eigenvalue weighted by Gasteiger charge is -2.04. The van der Waals surface area contributed by atoms with E-state index >= 15 is 0 Å². The number of sulfonamides is 1. The van der Waals surface area contributed by atoms with Gasteiger partial charge in [-0.2, -0.15) is 0 Å². The number of methoxy groups -OCH3 is 1. The number of ether oxygens (including phenoxy) is 1. The summed E-state index contributed by atoms with van der Waals surface area (Å²) >= 11 is 1.50. The van der Waals surface area contributed by atoms with Crippen molar-refractivity contribution in [2.24, 2.45) is 0 Å². The normalized spacial score (nSPS) is 11.7. The van der Waals surface area contributed by atoms with Gasteiger partial charge in [-0.1, -0.05) is 6.07 Å². The molecule has 21 heavy (non-hydrogen) atoms. The van der Waals surface area contributed by atoms with E-state index in [9.17, 15) is 8.42 Å². The van der Waals surface area contributed by atoms with Crippen LogP contribution in [0.1, 0.15) is 5.69 Å². The van der Waals surface area contributed by atoms with Crippen LogP contribution < -0.4 is 4.72 Å². The number of thiazole rings is 1. The third-order valence-electron chi connectivity index (χ3n) is 2.70. The van der Waals surface area contributed by atoms with Gasteiger partial charge >= 0.3 is 0 Å². The van der Waals surface area contributed by atoms with Crippen LogP contribution >= 0.6 is 11.3 Å². The first-order valence-electron chi connectivity index (χ1n) is 6.43. The smallest absolute Gasteiger partial charge is 0.213 e. The van der Waals surface area contributed by atoms with E-state index in [1.54, 1.807) is 6.20 Å². The molecule has 2 aromatic rings. The maximum atomic E-state index is 11.6. The molecule has 0 spiro atoms. The van der Waals surface area contributed by atoms with E-state index in [4.69, 9.17) is 4.74 Å². The number of aromatic nitrogens is 2. The van der Waals surface area contributed by atoms with Crippen LogP contribution in [0.4, 0.5) is 0 Å². The molecule has 0 fully saturated rings. The van der Waals surface area contributed by atoms with Gasteiger partial charge in [-0.25, -0.2) is 18.1 Å². The predicted octanol–water partition coefficient (Wildman–Crippen LogP) is 1.31. The van der Waals surface area contributed by atoms with E-state index in [1.165, 1.54) is 18.4 Å². The van der Waals surface area contributed by atoms with Gasteiger partial charge in [-0.05, 0) is 12.1 Å². The van der Waals surface area contributed by atoms with Gasteiger partial charge in [-0.3, -0.25) is 4.98 Å². The molecule has 0 radical (unpaired) electrons. The summed E-state index contributed by atoms with van der Waals surface area (Å²) in [6.45, 7) is 0.521. The van der Waals surface area contributed by atoms with Gasteiger partial charge in [0.05, 0.1) is 23.7 Å². The second kappa shape index (κ2) is 7.60. The van der Waals surface area contributed by atoms with Crippen LogP contribution in [0.2, 0.25) is 0 Å². The Morgan fingerprint density at radius 2 is 2.24 bits per heavy atom. The van der Waals surface area contributed by atoms with E-state index < -0.39 is 10.0 Å². The van der Waals surface area contributed by atoms with Crippen LogP contribution in [0.25, 0.3) is 10.7 Å². The van der Waals surface area contributed by atoms with Crippen LogP contribution in [0.3, 0.4) is 0 Å². The van der Waals surface area contributed by atoms with Crippen molar-refractivity contribution < 1.29 is 13.2 Å². The van der Waals surface area contributed by atoms with Crippen LogP contribution in [0.5, 0.6) is 0 Å². The summed E-state index contributed by atoms with van der Waals surface area (Å²) in [6, 6.07) is 5.66. The minimum atomic E-state index is -3.27. The van der Waals surface area contributed by atoms with Crippen molar-refractivity contribution in [2.45, 2.75) is 6.42 Å². The number of hydrogen-bond acceptors (Lipinski definition) is 6. The van der Waals surface area contributed by atoms with Crippen LogP contribution in [-0.2, 0) is 21.2 Å². The van der Waals surface area contributed by atoms with E-state index in [1.807, 2.05) is 23.6 Å². The molecule has 0 saturated carbocycles. The molecule has 0 atom stereocenters. The van der Waals surface area contributed by atoms with Crippen molar-refractivity contribution in [3.8, 4) is 10.7 Å². The molecular weight excluding hydrogens is 310 g/mol. The summed E-state index contributed by atoms with van der Waals surface area (Å²) in [6.07, 6.45) is 2.27. The van der Waals surface area contributed by atoms with Crippen molar-refractivity contribution in [2.75, 3.05) is 26.0 Å². The Balaban J connectivity index is 1.86. The summed E-state index contributed by atoms with van der Waals surface area (Å²) in [4.78, 5) is 8.70. The molecule has 2 heterocycles. The molecule has 2 rings (SSSR count). The van der Waals surface area contributed by atoms with E-state index in [0.717, 1.165) is 16.4 Å². The summed E-state index contributed by atoms with van der Waals surface area (Å²) in [5.41, 5.74) is 1.68. The Bertz CT molecular complexity index is 656. The molecule has 0 aliphatic rings. The highest BCUT2D eigenvalue weighted by Crippen LogP contribution is 2.21. The van der Waals surface area contributed by atoms with Crippen molar-refractivity contribution >= 4 is 21.4 Å². The van der Waals surface area contributed by atoms with Gasteiger partial charge in [0.1, 0.15) is 5.01 Å². The molecule has 2 aromatic heterocycles. The second-order valence-electron chi connectivity index (χ2n) is 4.31. The van der Waals surface area contributed by atoms with Gasteiger partial charge in [0.15, 0.2) is 0 Å². The quantitative estimate of drug-likeness (QED) is 0.791. The van der Waals surface area contributed by atoms with Crippen molar-refractivity contribution in [1.82, 2.24) is 14.7 Å². The first kappa shape index (κ1) is 16.0. The molecule has 8 heteroatoms. The van der Waals surface area contributed by atoms with Crippen molar-refractivity contribution in [3.05, 3.63) is 35.5 Å². The Kier molecular flexibility index (Phi) is 5.80. The van der Waals surface area contributed by atoms with Crippen molar-refractivity contribution in [1.29, 1.82) is 0 Å². The summed E-state index contributed by atoms with van der Waals surface area (Å²) in [5, 5.41) is 2.76. The molecule has 0 aliphatic carbocycles. The van der Waals surface area contributed by atoms with E-state index in [0.29, 0.717) is 13.0 Å². The first-order valence-corrected chi connectivity index (χ1v) is 8.96. The molecule has 0 aliphatic heterocycles. The minimum absolute atomic E-state index is 0.0280. The monoisotopic (exact) mass is 327 g/mol. The maximum Gasteiger partial charge on any atom is 0.213 e. The molecule has 1 N–H and O–H groups in total. The van der Waals surface area contributed by atoms with E-state index in [2.05, 4.69) is 14.7 Å². The third kappa shape index (κ3) is 5.16. The molecule has 0 aromatic carbocycles. The molecule has 0 amide bonds. The number of hydrogen-bond donors (Lipinski definition) is 1. The Morgan fingerprint density at radius 3 is 2.95 bits per heavy atom. The predicted molar refractivity (Wildman–Crippen MR) is 82.7 cm³/mol. The SMILES string of the molecule is COCCS(=O)(=O)NCCc1csc(-c2ccccn2)n1. The highest BCUT2D eigenvalue weighted by Gasteiger charge is 2.10. The van der Waals surface area contributed by atoms with Gasteiger partial charge < -0.3 is 4.74 Å². The Hall–Kier alpha value is -1.35. The lowest BCUT2D eigenvalue weighted by Crippen LogP contribution is -2.30. The zero-order valence-corrected chi connectivity index (χ0v) is 13.3. The standard InChI is InChI=1S/C13H17N3O3S2/c1-19-8-9-21(17,18)15-7-5-11-10-20-13(16-11)12-4-2-3-6-14-12/h2-4,6,10,15H,5,7-9H2,1H3. The van der Waals surface area contributed by atoms with E-state index in [-0.39, 0.29) is 12.4 Å². The second-order valence-corrected chi connectivity index (χ2v) is 7.10. The Labute approximate surface area is 128 Å². The highest BCUT2D eigenvalue weighted by molar-refractivity contribution is 7.89. The third-order valence-corrected chi connectivity index (χ3v) is 4.96. The minimum Gasteiger partial charge on any atom is -0.384 e. The van der Waals surface area contributed by atoms with Crippen LogP contribution in [-0.4, -0.2) is 44.4 Å². The molecule has 0 saturated heterocycles. The lowest BCUT2D eigenvalue weighted by atomic mass is 10.3. The summed E-state index contributed by atoms with van der Waals surface area (Å²) < 4.78 is 30.5. The van der Waals surface area contributed by atoms with Gasteiger partial charge in [0.25, 0.3) is 0 Å². The summed E-state index contributed by atoms with van der Waals surface area (Å²) in [7, 11) is -1.79. The van der Waals surface area contributed by atoms with Crippen LogP contribution in [0.15, 0.2) is 29.8 Å². The largest absolute Gasteiger partial charge is 0.384 e. The zero-order chi connectivity index (χ0) is 15.1. The summed E-state index contributed by atoms with van der Waals surface area (Å²) in [5.74, 6) is -0.0280. The zero-order valence-electron chi connectivity index (χ0n) is 11.7. The van der Waals surface area contributed by atoms with Gasteiger partial charge in [0, 0.05) is 31.7 Å². The molecular formula is C13H17N3O3S2. The fourth-order valence-electron chi connectivity index (χ4n) is 1.63. The molecule has 0 bridgehead atoms. The molecule has 114 valence electrons. The number of rotatable bonds is 8. The fraction of sp³-hybridized carbons (Fsp3) is 0.385. The average Bonchev–Trinajstić information content (AvgIpc) is 2.95. The average molecular weight is 327 g/mol. The molecule has 0 unspecified atom stereocenters. The number of nitrogens with zero attached hydrogens (tertiary/aromatic N) is 2. The van der Waals surface area contributed by atoms with Gasteiger partial charge in [0.2, 0.25) is 10.0 Å². The first-order chi connectivity index (χ1) is 10.1. The molecule has 6 nitrogen and oxygen atoms in total. The fourth-order valence-corrected chi connectivity index (χ4v) is 3.40.